The molecule has 1 aliphatic rings. The van der Waals surface area contributed by atoms with Crippen LogP contribution in [0.3, 0.4) is 0 Å². The van der Waals surface area contributed by atoms with Gasteiger partial charge in [0.25, 0.3) is 0 Å². The average molecular weight is 617 g/mol. The van der Waals surface area contributed by atoms with Crippen molar-refractivity contribution in [3.63, 3.8) is 0 Å². The molecular formula is C33H60O10. The molecule has 0 aromatic heterocycles. The van der Waals surface area contributed by atoms with Crippen LogP contribution in [0.25, 0.3) is 0 Å². The third-order valence-corrected chi connectivity index (χ3v) is 7.94. The summed E-state index contributed by atoms with van der Waals surface area (Å²) in [4.78, 5) is 45.6. The van der Waals surface area contributed by atoms with E-state index in [1.54, 1.807) is 14.0 Å². The van der Waals surface area contributed by atoms with E-state index in [1.165, 1.54) is 7.11 Å². The molecule has 0 aliphatic heterocycles. The molecule has 0 heterocycles. The highest BCUT2D eigenvalue weighted by molar-refractivity contribution is 5.86. The summed E-state index contributed by atoms with van der Waals surface area (Å²) in [7, 11) is 3.00. The zero-order chi connectivity index (χ0) is 34.0. The fraction of sp³-hybridized carbons (Fsp3) is 0.818. The molecule has 1 rings (SSSR count). The van der Waals surface area contributed by atoms with Crippen LogP contribution in [0.4, 0.5) is 0 Å². The van der Waals surface area contributed by atoms with E-state index in [0.29, 0.717) is 38.0 Å². The summed E-state index contributed by atoms with van der Waals surface area (Å²) in [6.07, 6.45) is 2.93. The Labute approximate surface area is 260 Å². The SMILES string of the molecule is C=C(C)C(=O)OCC1CCC(OC(=O)C(C)(C)CC)C(O)C1.CCC(C)(C)C(=O)OC.CCC(C)(C)C(=O)OCCOC. The largest absolute Gasteiger partial charge is 0.469 e. The lowest BCUT2D eigenvalue weighted by molar-refractivity contribution is -0.170. The Hall–Kier alpha value is -2.46. The topological polar surface area (TPSA) is 135 Å². The summed E-state index contributed by atoms with van der Waals surface area (Å²) in [5.74, 6) is -0.876. The first-order valence-corrected chi connectivity index (χ1v) is 15.2. The van der Waals surface area contributed by atoms with Crippen LogP contribution in [0.1, 0.15) is 108 Å². The highest BCUT2D eigenvalue weighted by Crippen LogP contribution is 2.30. The molecule has 10 heteroatoms. The zero-order valence-electron chi connectivity index (χ0n) is 28.9. The van der Waals surface area contributed by atoms with Gasteiger partial charge in [0.15, 0.2) is 0 Å². The van der Waals surface area contributed by atoms with Gasteiger partial charge in [-0.25, -0.2) is 4.79 Å². The first-order chi connectivity index (χ1) is 19.8. The number of carbonyl (C=O) groups excluding carboxylic acids is 4. The molecule has 43 heavy (non-hydrogen) atoms. The van der Waals surface area contributed by atoms with E-state index in [9.17, 15) is 24.3 Å². The van der Waals surface area contributed by atoms with Crippen LogP contribution in [-0.2, 0) is 42.9 Å². The maximum Gasteiger partial charge on any atom is 0.333 e. The number of aliphatic hydroxyl groups is 1. The van der Waals surface area contributed by atoms with E-state index in [1.807, 2.05) is 62.3 Å². The molecule has 0 bridgehead atoms. The van der Waals surface area contributed by atoms with Crippen molar-refractivity contribution in [3.8, 4) is 0 Å². The second-order valence-electron chi connectivity index (χ2n) is 12.9. The number of rotatable bonds is 13. The van der Waals surface area contributed by atoms with Gasteiger partial charge < -0.3 is 28.8 Å². The third kappa shape index (κ3) is 16.8. The Morgan fingerprint density at radius 2 is 1.26 bits per heavy atom. The monoisotopic (exact) mass is 616 g/mol. The van der Waals surface area contributed by atoms with Gasteiger partial charge in [-0.1, -0.05) is 27.4 Å². The molecule has 0 spiro atoms. The maximum absolute atomic E-state index is 12.1. The van der Waals surface area contributed by atoms with Crippen LogP contribution >= 0.6 is 0 Å². The van der Waals surface area contributed by atoms with Crippen molar-refractivity contribution >= 4 is 23.9 Å². The lowest BCUT2D eigenvalue weighted by Crippen LogP contribution is -2.41. The predicted octanol–water partition coefficient (Wildman–Crippen LogP) is 5.82. The van der Waals surface area contributed by atoms with Gasteiger partial charge in [0.1, 0.15) is 12.7 Å². The molecule has 0 aromatic carbocycles. The summed E-state index contributed by atoms with van der Waals surface area (Å²) in [5.41, 5.74) is -0.847. The number of carbonyl (C=O) groups is 4. The normalized spacial score (nSPS) is 18.5. The highest BCUT2D eigenvalue weighted by Gasteiger charge is 2.36. The first-order valence-electron chi connectivity index (χ1n) is 15.2. The molecule has 252 valence electrons. The van der Waals surface area contributed by atoms with E-state index in [2.05, 4.69) is 11.3 Å². The molecular weight excluding hydrogens is 556 g/mol. The standard InChI is InChI=1S/C17H28O5.C9H18O3.C7H14O2/c1-6-17(4,5)16(20)22-14-8-7-12(9-13(14)18)10-21-15(19)11(2)3;1-5-9(2,3)8(10)12-7-6-11-4;1-5-7(2,3)6(8)9-4/h12-14,18H,2,6-10H2,1,3-5H3;5-7H2,1-4H3;5H2,1-4H3. The fourth-order valence-corrected chi connectivity index (χ4v) is 3.23. The average Bonchev–Trinajstić information content (AvgIpc) is 2.96. The number of esters is 4. The maximum atomic E-state index is 12.1. The summed E-state index contributed by atoms with van der Waals surface area (Å²) >= 11 is 0. The number of methoxy groups -OCH3 is 2. The van der Waals surface area contributed by atoms with Crippen molar-refractivity contribution < 1.29 is 48.0 Å². The van der Waals surface area contributed by atoms with Gasteiger partial charge in [-0.2, -0.15) is 0 Å². The molecule has 0 radical (unpaired) electrons. The number of hydrogen-bond acceptors (Lipinski definition) is 10. The van der Waals surface area contributed by atoms with E-state index in [0.717, 1.165) is 19.3 Å². The predicted molar refractivity (Wildman–Crippen MR) is 166 cm³/mol. The van der Waals surface area contributed by atoms with Crippen molar-refractivity contribution in [2.45, 2.75) is 120 Å². The molecule has 0 aromatic rings. The zero-order valence-corrected chi connectivity index (χ0v) is 28.9. The van der Waals surface area contributed by atoms with Crippen LogP contribution in [0, 0.1) is 22.2 Å². The molecule has 3 unspecified atom stereocenters. The minimum Gasteiger partial charge on any atom is -0.469 e. The summed E-state index contributed by atoms with van der Waals surface area (Å²) < 4.78 is 24.9. The quantitative estimate of drug-likeness (QED) is 0.117. The molecule has 1 fully saturated rings. The summed E-state index contributed by atoms with van der Waals surface area (Å²) in [6.45, 7) is 23.3. The van der Waals surface area contributed by atoms with Gasteiger partial charge in [-0.15, -0.1) is 0 Å². The van der Waals surface area contributed by atoms with Crippen LogP contribution in [0.2, 0.25) is 0 Å². The minimum absolute atomic E-state index is 0.0902. The van der Waals surface area contributed by atoms with E-state index in [-0.39, 0.29) is 41.3 Å². The van der Waals surface area contributed by atoms with E-state index in [4.69, 9.17) is 18.9 Å². The smallest absolute Gasteiger partial charge is 0.333 e. The van der Waals surface area contributed by atoms with E-state index >= 15 is 0 Å². The van der Waals surface area contributed by atoms with Crippen molar-refractivity contribution in [1.29, 1.82) is 0 Å². The van der Waals surface area contributed by atoms with Crippen molar-refractivity contribution in [2.24, 2.45) is 22.2 Å². The molecule has 3 atom stereocenters. The Bertz CT molecular complexity index is 875. The Kier molecular flexibility index (Phi) is 20.3. The molecule has 1 N–H and O–H groups in total. The fourth-order valence-electron chi connectivity index (χ4n) is 3.23. The lowest BCUT2D eigenvalue weighted by atomic mass is 9.85. The van der Waals surface area contributed by atoms with Crippen molar-refractivity contribution in [3.05, 3.63) is 12.2 Å². The lowest BCUT2D eigenvalue weighted by Gasteiger charge is -2.34. The van der Waals surface area contributed by atoms with Gasteiger partial charge in [0, 0.05) is 12.7 Å². The van der Waals surface area contributed by atoms with Gasteiger partial charge in [0.2, 0.25) is 0 Å². The van der Waals surface area contributed by atoms with Crippen molar-refractivity contribution in [1.82, 2.24) is 0 Å². The molecule has 0 saturated heterocycles. The second-order valence-corrected chi connectivity index (χ2v) is 12.9. The second kappa shape index (κ2) is 20.5. The minimum atomic E-state index is -0.709. The first kappa shape index (κ1) is 42.7. The number of hydrogen-bond donors (Lipinski definition) is 1. The number of ether oxygens (including phenoxy) is 5. The van der Waals surface area contributed by atoms with Crippen LogP contribution < -0.4 is 0 Å². The summed E-state index contributed by atoms with van der Waals surface area (Å²) in [6, 6.07) is 0. The van der Waals surface area contributed by atoms with Crippen LogP contribution in [0.5, 0.6) is 0 Å². The van der Waals surface area contributed by atoms with Crippen LogP contribution in [0.15, 0.2) is 12.2 Å². The summed E-state index contributed by atoms with van der Waals surface area (Å²) in [5, 5.41) is 10.2. The van der Waals surface area contributed by atoms with Gasteiger partial charge in [0.05, 0.1) is 42.7 Å². The van der Waals surface area contributed by atoms with Gasteiger partial charge in [-0.3, -0.25) is 14.4 Å². The number of aliphatic hydroxyl groups excluding tert-OH is 1. The van der Waals surface area contributed by atoms with Gasteiger partial charge in [-0.05, 0) is 92.9 Å². The Morgan fingerprint density at radius 3 is 1.65 bits per heavy atom. The van der Waals surface area contributed by atoms with Gasteiger partial charge >= 0.3 is 23.9 Å². The molecule has 1 aliphatic carbocycles. The Balaban J connectivity index is 0. The third-order valence-electron chi connectivity index (χ3n) is 7.94. The molecule has 0 amide bonds. The molecule has 10 nitrogen and oxygen atoms in total. The Morgan fingerprint density at radius 1 is 0.767 bits per heavy atom. The highest BCUT2D eigenvalue weighted by atomic mass is 16.6. The van der Waals surface area contributed by atoms with Crippen molar-refractivity contribution in [2.75, 3.05) is 34.0 Å². The van der Waals surface area contributed by atoms with E-state index < -0.39 is 23.6 Å². The van der Waals surface area contributed by atoms with Crippen LogP contribution in [-0.4, -0.2) is 75.2 Å². The molecule has 1 saturated carbocycles.